The van der Waals surface area contributed by atoms with Crippen LogP contribution in [0.1, 0.15) is 45.6 Å². The van der Waals surface area contributed by atoms with Crippen molar-refractivity contribution in [2.45, 2.75) is 45.6 Å². The summed E-state index contributed by atoms with van der Waals surface area (Å²) in [6, 6.07) is 7.50. The molecule has 21 heavy (non-hydrogen) atoms. The van der Waals surface area contributed by atoms with Crippen molar-refractivity contribution >= 4 is 11.8 Å². The molecule has 2 rings (SSSR count). The molecule has 1 heterocycles. The van der Waals surface area contributed by atoms with Gasteiger partial charge in [0.25, 0.3) is 0 Å². The van der Waals surface area contributed by atoms with Gasteiger partial charge in [0.2, 0.25) is 0 Å². The van der Waals surface area contributed by atoms with Gasteiger partial charge in [-0.15, -0.1) is 0 Å². The van der Waals surface area contributed by atoms with Crippen LogP contribution in [-0.4, -0.2) is 24.0 Å². The van der Waals surface area contributed by atoms with E-state index in [-0.39, 0.29) is 11.7 Å². The number of carbonyl (C=O) groups excluding carboxylic acids is 2. The molecule has 0 aliphatic carbocycles. The molecular formula is C17H22O4. The minimum Gasteiger partial charge on any atom is -0.493 e. The van der Waals surface area contributed by atoms with Crippen molar-refractivity contribution in [1.82, 2.24) is 0 Å². The van der Waals surface area contributed by atoms with Gasteiger partial charge in [0, 0.05) is 5.56 Å². The zero-order valence-electron chi connectivity index (χ0n) is 13.0. The van der Waals surface area contributed by atoms with Crippen LogP contribution in [0.3, 0.4) is 0 Å². The molecule has 2 atom stereocenters. The molecule has 1 aliphatic heterocycles. The molecule has 0 N–H and O–H groups in total. The van der Waals surface area contributed by atoms with Crippen LogP contribution in [0.15, 0.2) is 24.3 Å². The number of fused-ring (bicyclic) bond motifs is 1. The van der Waals surface area contributed by atoms with Gasteiger partial charge in [0.1, 0.15) is 17.3 Å². The van der Waals surface area contributed by atoms with E-state index in [0.29, 0.717) is 13.0 Å². The Hall–Kier alpha value is -1.84. The van der Waals surface area contributed by atoms with Crippen LogP contribution in [-0.2, 0) is 14.3 Å². The van der Waals surface area contributed by atoms with Gasteiger partial charge in [0.15, 0.2) is 5.78 Å². The lowest BCUT2D eigenvalue weighted by Crippen LogP contribution is -2.34. The quantitative estimate of drug-likeness (QED) is 0.634. The Morgan fingerprint density at radius 1 is 1.29 bits per heavy atom. The zero-order chi connectivity index (χ0) is 15.6. The highest BCUT2D eigenvalue weighted by Gasteiger charge is 2.35. The second-order valence-electron chi connectivity index (χ2n) is 6.39. The summed E-state index contributed by atoms with van der Waals surface area (Å²) in [5, 5.41) is 0. The normalized spacial score (nSPS) is 19.1. The maximum Gasteiger partial charge on any atom is 0.316 e. The van der Waals surface area contributed by atoms with E-state index in [2.05, 4.69) is 0 Å². The number of ether oxygens (including phenoxy) is 2. The number of carbonyl (C=O) groups is 2. The van der Waals surface area contributed by atoms with Crippen LogP contribution < -0.4 is 4.74 Å². The van der Waals surface area contributed by atoms with Crippen molar-refractivity contribution in [2.75, 3.05) is 6.61 Å². The second-order valence-corrected chi connectivity index (χ2v) is 6.39. The third kappa shape index (κ3) is 3.63. The molecular weight excluding hydrogens is 268 g/mol. The van der Waals surface area contributed by atoms with Crippen LogP contribution in [0, 0.1) is 5.92 Å². The second kappa shape index (κ2) is 5.88. The monoisotopic (exact) mass is 290 g/mol. The van der Waals surface area contributed by atoms with Gasteiger partial charge in [-0.2, -0.15) is 0 Å². The highest BCUT2D eigenvalue weighted by atomic mass is 16.6. The average Bonchev–Trinajstić information content (AvgIpc) is 2.43. The Labute approximate surface area is 125 Å². The van der Waals surface area contributed by atoms with E-state index in [1.807, 2.05) is 24.3 Å². The maximum atomic E-state index is 12.6. The van der Waals surface area contributed by atoms with Gasteiger partial charge < -0.3 is 9.47 Å². The highest BCUT2D eigenvalue weighted by Crippen LogP contribution is 2.35. The smallest absolute Gasteiger partial charge is 0.316 e. The van der Waals surface area contributed by atoms with E-state index in [4.69, 9.17) is 9.47 Å². The van der Waals surface area contributed by atoms with Crippen LogP contribution in [0.2, 0.25) is 0 Å². The minimum atomic E-state index is -0.764. The minimum absolute atomic E-state index is 0.0972. The van der Waals surface area contributed by atoms with Crippen LogP contribution in [0.5, 0.6) is 5.75 Å². The number of hydrogen-bond donors (Lipinski definition) is 0. The van der Waals surface area contributed by atoms with Gasteiger partial charge in [-0.1, -0.05) is 18.2 Å². The molecule has 0 saturated heterocycles. The van der Waals surface area contributed by atoms with Crippen LogP contribution in [0.4, 0.5) is 0 Å². The molecule has 1 aromatic rings. The first-order chi connectivity index (χ1) is 9.79. The predicted molar refractivity (Wildman–Crippen MR) is 79.3 cm³/mol. The summed E-state index contributed by atoms with van der Waals surface area (Å²) in [6.45, 7) is 7.51. The van der Waals surface area contributed by atoms with Crippen molar-refractivity contribution in [3.05, 3.63) is 29.8 Å². The third-order valence-corrected chi connectivity index (χ3v) is 3.49. The number of ketones is 1. The summed E-state index contributed by atoms with van der Waals surface area (Å²) in [7, 11) is 0. The van der Waals surface area contributed by atoms with Crippen molar-refractivity contribution in [1.29, 1.82) is 0 Å². The lowest BCUT2D eigenvalue weighted by Gasteiger charge is -2.27. The SMILES string of the molecule is CC(C(=O)OC(C)(C)C)C(=O)C1CCOc2ccccc21. The van der Waals surface area contributed by atoms with Gasteiger partial charge in [0.05, 0.1) is 12.5 Å². The Bertz CT molecular complexity index is 542. The summed E-state index contributed by atoms with van der Waals surface area (Å²) in [4.78, 5) is 24.7. The number of esters is 1. The Morgan fingerprint density at radius 3 is 2.62 bits per heavy atom. The van der Waals surface area contributed by atoms with Crippen molar-refractivity contribution in [3.8, 4) is 5.75 Å². The molecule has 0 amide bonds. The molecule has 0 aromatic heterocycles. The van der Waals surface area contributed by atoms with E-state index < -0.39 is 17.5 Å². The first-order valence-corrected chi connectivity index (χ1v) is 7.28. The van der Waals surface area contributed by atoms with Crippen LogP contribution in [0.25, 0.3) is 0 Å². The van der Waals surface area contributed by atoms with Crippen molar-refractivity contribution in [2.24, 2.45) is 5.92 Å². The molecule has 1 aromatic carbocycles. The fraction of sp³-hybridized carbons (Fsp3) is 0.529. The topological polar surface area (TPSA) is 52.6 Å². The average molecular weight is 290 g/mol. The molecule has 0 radical (unpaired) electrons. The first kappa shape index (κ1) is 15.5. The standard InChI is InChI=1S/C17H22O4/c1-11(16(19)21-17(2,3)4)15(18)13-9-10-20-14-8-6-5-7-12(13)14/h5-8,11,13H,9-10H2,1-4H3. The predicted octanol–water partition coefficient (Wildman–Crippen LogP) is 3.10. The molecule has 0 saturated carbocycles. The van der Waals surface area contributed by atoms with Crippen molar-refractivity contribution < 1.29 is 19.1 Å². The van der Waals surface area contributed by atoms with E-state index in [0.717, 1.165) is 11.3 Å². The first-order valence-electron chi connectivity index (χ1n) is 7.28. The molecule has 4 heteroatoms. The largest absolute Gasteiger partial charge is 0.493 e. The van der Waals surface area contributed by atoms with Gasteiger partial charge in [-0.05, 0) is 40.2 Å². The van der Waals surface area contributed by atoms with E-state index in [1.165, 1.54) is 0 Å². The number of para-hydroxylation sites is 1. The van der Waals surface area contributed by atoms with E-state index >= 15 is 0 Å². The molecule has 0 bridgehead atoms. The van der Waals surface area contributed by atoms with Crippen LogP contribution >= 0.6 is 0 Å². The summed E-state index contributed by atoms with van der Waals surface area (Å²) in [5.74, 6) is -0.882. The molecule has 1 aliphatic rings. The van der Waals surface area contributed by atoms with Crippen molar-refractivity contribution in [3.63, 3.8) is 0 Å². The molecule has 0 fully saturated rings. The van der Waals surface area contributed by atoms with Gasteiger partial charge in [-0.25, -0.2) is 0 Å². The number of benzene rings is 1. The Balaban J connectivity index is 2.16. The van der Waals surface area contributed by atoms with E-state index in [1.54, 1.807) is 27.7 Å². The zero-order valence-corrected chi connectivity index (χ0v) is 13.0. The van der Waals surface area contributed by atoms with Gasteiger partial charge in [-0.3, -0.25) is 9.59 Å². The summed E-state index contributed by atoms with van der Waals surface area (Å²) >= 11 is 0. The Morgan fingerprint density at radius 2 is 1.95 bits per heavy atom. The highest BCUT2D eigenvalue weighted by molar-refractivity contribution is 6.02. The fourth-order valence-corrected chi connectivity index (χ4v) is 2.45. The third-order valence-electron chi connectivity index (χ3n) is 3.49. The lowest BCUT2D eigenvalue weighted by atomic mass is 9.84. The summed E-state index contributed by atoms with van der Waals surface area (Å²) in [5.41, 5.74) is 0.281. The molecule has 4 nitrogen and oxygen atoms in total. The fourth-order valence-electron chi connectivity index (χ4n) is 2.45. The number of rotatable bonds is 3. The number of Topliss-reactive ketones (excluding diaryl/α,β-unsaturated/α-hetero) is 1. The molecule has 0 spiro atoms. The summed E-state index contributed by atoms with van der Waals surface area (Å²) < 4.78 is 10.9. The summed E-state index contributed by atoms with van der Waals surface area (Å²) in [6.07, 6.45) is 0.600. The van der Waals surface area contributed by atoms with E-state index in [9.17, 15) is 9.59 Å². The Kier molecular flexibility index (Phi) is 4.35. The number of hydrogen-bond acceptors (Lipinski definition) is 4. The molecule has 2 unspecified atom stereocenters. The van der Waals surface area contributed by atoms with Gasteiger partial charge >= 0.3 is 5.97 Å². The lowest BCUT2D eigenvalue weighted by molar-refractivity contribution is -0.161. The maximum absolute atomic E-state index is 12.6. The molecule has 114 valence electrons.